The van der Waals surface area contributed by atoms with Gasteiger partial charge in [0.1, 0.15) is 0 Å². The highest BCUT2D eigenvalue weighted by atomic mass is 31.1. The van der Waals surface area contributed by atoms with Gasteiger partial charge in [0, 0.05) is 52.8 Å². The Balaban J connectivity index is 1.04. The first-order valence-corrected chi connectivity index (χ1v) is 31.6. The van der Waals surface area contributed by atoms with Crippen molar-refractivity contribution < 1.29 is 0 Å². The highest BCUT2D eigenvalue weighted by Gasteiger charge is 2.45. The summed E-state index contributed by atoms with van der Waals surface area (Å²) in [5.74, 6) is 0. The van der Waals surface area contributed by atoms with Gasteiger partial charge in [-0.2, -0.15) is 0 Å². The van der Waals surface area contributed by atoms with Gasteiger partial charge in [0.25, 0.3) is 0 Å². The first-order chi connectivity index (χ1) is 33.8. The van der Waals surface area contributed by atoms with E-state index in [4.69, 9.17) is 0 Å². The Morgan fingerprint density at radius 3 is 0.868 bits per heavy atom. The Kier molecular flexibility index (Phi) is 14.7. The molecule has 1 unspecified atom stereocenters. The number of hydrogen-bond donors (Lipinski definition) is 0. The maximum Gasteiger partial charge on any atom is 0.154 e. The minimum absolute atomic E-state index is 0.404. The van der Waals surface area contributed by atoms with Crippen LogP contribution in [0, 0.1) is 0 Å². The van der Waals surface area contributed by atoms with Crippen LogP contribution in [0.1, 0.15) is 106 Å². The predicted octanol–water partition coefficient (Wildman–Crippen LogP) is 16.0. The summed E-state index contributed by atoms with van der Waals surface area (Å²) in [4.78, 5) is 3.18. The van der Waals surface area contributed by atoms with Crippen molar-refractivity contribution in [1.29, 1.82) is 0 Å². The van der Waals surface area contributed by atoms with Gasteiger partial charge in [-0.25, -0.2) is 0 Å². The summed E-state index contributed by atoms with van der Waals surface area (Å²) in [6.45, 7) is 0. The van der Waals surface area contributed by atoms with Gasteiger partial charge in [-0.1, -0.05) is 271 Å². The summed E-state index contributed by atoms with van der Waals surface area (Å²) in [7, 11) is -2.56. The van der Waals surface area contributed by atoms with E-state index in [0.29, 0.717) is 34.0 Å². The topological polar surface area (TPSA) is 3.24 Å². The lowest BCUT2D eigenvalue weighted by Crippen LogP contribution is -2.53. The highest BCUT2D eigenvalue weighted by molar-refractivity contribution is 7.60. The molecule has 68 heavy (non-hydrogen) atoms. The summed E-state index contributed by atoms with van der Waals surface area (Å²) in [5, 5.41) is 4.55. The molecule has 8 aromatic rings. The second-order valence-corrected chi connectivity index (χ2v) is 29.3. The summed E-state index contributed by atoms with van der Waals surface area (Å²) < 4.78 is 0. The van der Waals surface area contributed by atoms with Crippen LogP contribution in [0.4, 0.5) is 0 Å². The monoisotopic (exact) mass is 954 g/mol. The van der Waals surface area contributed by atoms with Gasteiger partial charge >= 0.3 is 0 Å². The zero-order valence-electron chi connectivity index (χ0n) is 39.1. The Morgan fingerprint density at radius 1 is 0.294 bits per heavy atom. The predicted molar refractivity (Wildman–Crippen MR) is 298 cm³/mol. The van der Waals surface area contributed by atoms with Crippen LogP contribution in [0.5, 0.6) is 0 Å². The van der Waals surface area contributed by atoms with E-state index in [0.717, 1.165) is 0 Å². The zero-order chi connectivity index (χ0) is 45.5. The van der Waals surface area contributed by atoms with E-state index < -0.39 is 32.6 Å². The summed E-state index contributed by atoms with van der Waals surface area (Å²) in [5.41, 5.74) is 12.9. The maximum absolute atomic E-state index is 3.18. The molecule has 3 heterocycles. The van der Waals surface area contributed by atoms with Crippen LogP contribution in [0.25, 0.3) is 0 Å². The molecule has 3 aliphatic rings. The molecule has 8 aromatic carbocycles. The van der Waals surface area contributed by atoms with Crippen molar-refractivity contribution in [3.05, 3.63) is 270 Å². The van der Waals surface area contributed by atoms with E-state index in [9.17, 15) is 0 Å². The van der Waals surface area contributed by atoms with Crippen LogP contribution < -0.4 is 15.6 Å². The zero-order valence-corrected chi connectivity index (χ0v) is 42.8. The number of benzene rings is 8. The van der Waals surface area contributed by atoms with Gasteiger partial charge in [0.15, 0.2) is 8.80 Å². The maximum atomic E-state index is 3.18. The third kappa shape index (κ3) is 9.97. The number of hydrogen-bond acceptors (Lipinski definition) is 1. The molecule has 0 N–H and O–H groups in total. The molecule has 0 saturated carbocycles. The lowest BCUT2D eigenvalue weighted by molar-refractivity contribution is 0.430. The average molecular weight is 955 g/mol. The van der Waals surface area contributed by atoms with Gasteiger partial charge in [-0.05, 0) is 77.1 Å². The third-order valence-corrected chi connectivity index (χ3v) is 28.4. The molecular formula is C63H63NP3Si. The van der Waals surface area contributed by atoms with E-state index in [2.05, 4.69) is 241 Å². The van der Waals surface area contributed by atoms with Gasteiger partial charge in [-0.15, -0.1) is 0 Å². The van der Waals surface area contributed by atoms with E-state index >= 15 is 0 Å². The standard InChI is InChI=1S/C63H63NP3Si/c1-8-24-49(25-9-1)57-40-41-58(50-26-10-2-11-27-50)65(57)46-64(47-66-59(51-28-12-3-13-29-51)42-43-60(66)52-30-14-4-15-31-52)48-67-61(53-32-16-5-17-33-53)44-45-62(67)56-38-22-23-39-63(56)68(54-34-18-6-19-35-54)55-36-20-7-21-37-55/h1-39,57-62H,40-48H2/t57-,58-,59-,60-,61-,62-,67?/m0/s1. The number of nitrogens with zero attached hydrogens (tertiary/aromatic N) is 1. The molecule has 3 fully saturated rings. The molecule has 0 aliphatic carbocycles. The first-order valence-electron chi connectivity index (χ1n) is 25.1. The molecular weight excluding hydrogens is 892 g/mol. The largest absolute Gasteiger partial charge is 0.291 e. The van der Waals surface area contributed by atoms with Crippen molar-refractivity contribution in [3.8, 4) is 0 Å². The third-order valence-electron chi connectivity index (χ3n) is 15.3. The van der Waals surface area contributed by atoms with Crippen molar-refractivity contribution in [1.82, 2.24) is 4.90 Å². The minimum Gasteiger partial charge on any atom is -0.291 e. The molecule has 0 bridgehead atoms. The summed E-state index contributed by atoms with van der Waals surface area (Å²) in [6.07, 6.45) is 11.2. The Morgan fingerprint density at radius 2 is 0.544 bits per heavy atom. The SMILES string of the molecule is c1ccc([C@@H]2CC[C@@H](c3ccccc3)P2CN(CP2[C@H](c3ccccc3)CC[C@H]2c2ccccc2)CP2[C@H](c3ccccc3)CC[C@H]2c2ccccc2[Si](c2ccccc2)c2ccccc2)cc1. The van der Waals surface area contributed by atoms with Gasteiger partial charge < -0.3 is 0 Å². The molecule has 7 atom stereocenters. The molecule has 0 aromatic heterocycles. The van der Waals surface area contributed by atoms with E-state index in [1.165, 1.54) is 67.8 Å². The molecule has 339 valence electrons. The summed E-state index contributed by atoms with van der Waals surface area (Å²) >= 11 is 0. The Hall–Kier alpha value is -4.77. The minimum atomic E-state index is -1.26. The van der Waals surface area contributed by atoms with Crippen LogP contribution in [0.2, 0.25) is 0 Å². The number of rotatable bonds is 15. The quantitative estimate of drug-likeness (QED) is 0.0562. The van der Waals surface area contributed by atoms with E-state index in [-0.39, 0.29) is 0 Å². The van der Waals surface area contributed by atoms with Crippen molar-refractivity contribution in [2.24, 2.45) is 0 Å². The fourth-order valence-corrected chi connectivity index (χ4v) is 26.3. The van der Waals surface area contributed by atoms with E-state index in [1.807, 2.05) is 0 Å². The van der Waals surface area contributed by atoms with Gasteiger partial charge in [0.05, 0.1) is 0 Å². The molecule has 0 spiro atoms. The molecule has 1 nitrogen and oxygen atoms in total. The van der Waals surface area contributed by atoms with Gasteiger partial charge in [-0.3, -0.25) is 4.90 Å². The van der Waals surface area contributed by atoms with Crippen LogP contribution in [-0.4, -0.2) is 32.6 Å². The average Bonchev–Trinajstić information content (AvgIpc) is 4.16. The first kappa shape index (κ1) is 45.7. The van der Waals surface area contributed by atoms with Crippen molar-refractivity contribution >= 4 is 48.1 Å². The Labute approximate surface area is 412 Å². The second kappa shape index (κ2) is 21.9. The van der Waals surface area contributed by atoms with Crippen LogP contribution in [0.3, 0.4) is 0 Å². The molecule has 5 heteroatoms. The van der Waals surface area contributed by atoms with E-state index in [1.54, 1.807) is 38.6 Å². The van der Waals surface area contributed by atoms with Crippen LogP contribution in [-0.2, 0) is 0 Å². The second-order valence-electron chi connectivity index (χ2n) is 19.2. The molecule has 0 amide bonds. The lowest BCUT2D eigenvalue weighted by atomic mass is 10.0. The lowest BCUT2D eigenvalue weighted by Gasteiger charge is -2.40. The van der Waals surface area contributed by atoms with Crippen LogP contribution in [0.15, 0.2) is 237 Å². The van der Waals surface area contributed by atoms with Crippen molar-refractivity contribution in [2.45, 2.75) is 72.5 Å². The Bertz CT molecular complexity index is 2550. The normalized spacial score (nSPS) is 23.1. The molecule has 1 radical (unpaired) electrons. The summed E-state index contributed by atoms with van der Waals surface area (Å²) in [6, 6.07) is 91.4. The molecule has 11 rings (SSSR count). The van der Waals surface area contributed by atoms with Crippen molar-refractivity contribution in [2.75, 3.05) is 18.9 Å². The van der Waals surface area contributed by atoms with Crippen LogP contribution >= 0.6 is 23.8 Å². The molecule has 3 aliphatic heterocycles. The molecule has 3 saturated heterocycles. The fourth-order valence-electron chi connectivity index (χ4n) is 12.2. The van der Waals surface area contributed by atoms with Crippen molar-refractivity contribution in [3.63, 3.8) is 0 Å². The smallest absolute Gasteiger partial charge is 0.154 e. The fraction of sp³-hybridized carbons (Fsp3) is 0.238. The van der Waals surface area contributed by atoms with Gasteiger partial charge in [0.2, 0.25) is 0 Å². The highest BCUT2D eigenvalue weighted by Crippen LogP contribution is 2.76.